The lowest BCUT2D eigenvalue weighted by atomic mass is 9.91. The van der Waals surface area contributed by atoms with E-state index in [1.54, 1.807) is 25.4 Å². The quantitative estimate of drug-likeness (QED) is 0.555. The maximum absolute atomic E-state index is 14.2. The van der Waals surface area contributed by atoms with Crippen LogP contribution in [0.4, 0.5) is 33.2 Å². The first kappa shape index (κ1) is 18.5. The van der Waals surface area contributed by atoms with Gasteiger partial charge in [0.25, 0.3) is 0 Å². The van der Waals surface area contributed by atoms with Gasteiger partial charge in [-0.3, -0.25) is 0 Å². The maximum Gasteiger partial charge on any atom is 0.229 e. The highest BCUT2D eigenvalue weighted by Crippen LogP contribution is 2.40. The van der Waals surface area contributed by atoms with Gasteiger partial charge in [-0.1, -0.05) is 12.1 Å². The lowest BCUT2D eigenvalue weighted by Gasteiger charge is -2.39. The van der Waals surface area contributed by atoms with Crippen molar-refractivity contribution in [2.75, 3.05) is 28.0 Å². The Hall–Kier alpha value is -3.55. The number of benzene rings is 2. The standard InChI is InChI=1S/C22H23FN6O/c1-30-16-11-9-14(10-12-16)25-21-24-13-19-20(28-21)29(15-5-4-6-15)22(27-19)26-18-8-3-2-7-17(18)23/h2-3,7-13,15,22,26-27H,4-6H2,1H3,(H,24,25,28)/t22-/m0/s1. The van der Waals surface area contributed by atoms with Crippen LogP contribution in [0.3, 0.4) is 0 Å². The van der Waals surface area contributed by atoms with Crippen molar-refractivity contribution in [2.24, 2.45) is 0 Å². The van der Waals surface area contributed by atoms with Gasteiger partial charge in [-0.25, -0.2) is 9.37 Å². The molecule has 30 heavy (non-hydrogen) atoms. The Labute approximate surface area is 174 Å². The molecule has 5 rings (SSSR count). The van der Waals surface area contributed by atoms with E-state index >= 15 is 0 Å². The molecule has 2 aliphatic rings. The van der Waals surface area contributed by atoms with Gasteiger partial charge in [0.1, 0.15) is 11.6 Å². The third kappa shape index (κ3) is 3.45. The normalized spacial score (nSPS) is 17.7. The Morgan fingerprint density at radius 2 is 1.93 bits per heavy atom. The first-order valence-corrected chi connectivity index (χ1v) is 10.1. The van der Waals surface area contributed by atoms with E-state index in [1.807, 2.05) is 30.3 Å². The SMILES string of the molecule is COc1ccc(Nc2ncc3c(n2)N(C2CCC2)[C@@H](Nc2ccccc2F)N3)cc1. The van der Waals surface area contributed by atoms with Crippen LogP contribution in [0, 0.1) is 5.82 Å². The summed E-state index contributed by atoms with van der Waals surface area (Å²) in [5.74, 6) is 1.84. The van der Waals surface area contributed by atoms with Crippen LogP contribution in [0.25, 0.3) is 0 Å². The molecule has 7 nitrogen and oxygen atoms in total. The number of aromatic nitrogens is 2. The van der Waals surface area contributed by atoms with Crippen molar-refractivity contribution in [2.45, 2.75) is 31.6 Å². The molecule has 1 fully saturated rings. The average molecular weight is 406 g/mol. The zero-order valence-electron chi connectivity index (χ0n) is 16.6. The molecule has 0 radical (unpaired) electrons. The van der Waals surface area contributed by atoms with E-state index in [0.29, 0.717) is 17.7 Å². The van der Waals surface area contributed by atoms with Gasteiger partial charge in [0.05, 0.1) is 24.7 Å². The highest BCUT2D eigenvalue weighted by Gasteiger charge is 2.38. The molecule has 1 aromatic heterocycles. The smallest absolute Gasteiger partial charge is 0.229 e. The number of hydrogen-bond acceptors (Lipinski definition) is 7. The van der Waals surface area contributed by atoms with Crippen molar-refractivity contribution in [1.82, 2.24) is 9.97 Å². The second kappa shape index (κ2) is 7.70. The van der Waals surface area contributed by atoms with E-state index in [0.717, 1.165) is 35.8 Å². The van der Waals surface area contributed by atoms with Gasteiger partial charge in [0, 0.05) is 11.7 Å². The molecule has 8 heteroatoms. The predicted molar refractivity (Wildman–Crippen MR) is 116 cm³/mol. The predicted octanol–water partition coefficient (Wildman–Crippen LogP) is 4.55. The Kier molecular flexibility index (Phi) is 4.74. The van der Waals surface area contributed by atoms with Crippen LogP contribution in [0.5, 0.6) is 5.75 Å². The Balaban J connectivity index is 1.40. The summed E-state index contributed by atoms with van der Waals surface area (Å²) in [5.41, 5.74) is 2.16. The fourth-order valence-electron chi connectivity index (χ4n) is 3.75. The number of methoxy groups -OCH3 is 1. The van der Waals surface area contributed by atoms with E-state index in [-0.39, 0.29) is 12.1 Å². The fourth-order valence-corrected chi connectivity index (χ4v) is 3.75. The summed E-state index contributed by atoms with van der Waals surface area (Å²) in [5, 5.41) is 9.91. The number of halogens is 1. The van der Waals surface area contributed by atoms with Crippen molar-refractivity contribution in [3.8, 4) is 5.75 Å². The molecule has 3 aromatic rings. The molecule has 0 spiro atoms. The Morgan fingerprint density at radius 1 is 1.13 bits per heavy atom. The fraction of sp³-hybridized carbons (Fsp3) is 0.273. The summed E-state index contributed by atoms with van der Waals surface area (Å²) < 4.78 is 19.4. The third-order valence-corrected chi connectivity index (χ3v) is 5.56. The van der Waals surface area contributed by atoms with Crippen molar-refractivity contribution in [3.63, 3.8) is 0 Å². The highest BCUT2D eigenvalue weighted by atomic mass is 19.1. The van der Waals surface area contributed by atoms with Gasteiger partial charge in [-0.05, 0) is 55.7 Å². The van der Waals surface area contributed by atoms with Crippen LogP contribution in [0.2, 0.25) is 0 Å². The van der Waals surface area contributed by atoms with E-state index in [2.05, 4.69) is 25.8 Å². The van der Waals surface area contributed by atoms with Gasteiger partial charge in [0.15, 0.2) is 12.1 Å². The van der Waals surface area contributed by atoms with Crippen molar-refractivity contribution in [1.29, 1.82) is 0 Å². The van der Waals surface area contributed by atoms with Gasteiger partial charge < -0.3 is 25.6 Å². The van der Waals surface area contributed by atoms with Gasteiger partial charge in [-0.2, -0.15) is 4.98 Å². The van der Waals surface area contributed by atoms with Crippen LogP contribution >= 0.6 is 0 Å². The Bertz CT molecular complexity index is 1040. The number of nitrogens with one attached hydrogen (secondary N) is 3. The summed E-state index contributed by atoms with van der Waals surface area (Å²) in [6.07, 6.45) is 4.84. The highest BCUT2D eigenvalue weighted by molar-refractivity contribution is 5.75. The zero-order valence-corrected chi connectivity index (χ0v) is 16.6. The minimum Gasteiger partial charge on any atom is -0.497 e. The average Bonchev–Trinajstić information content (AvgIpc) is 3.06. The number of fused-ring (bicyclic) bond motifs is 1. The maximum atomic E-state index is 14.2. The summed E-state index contributed by atoms with van der Waals surface area (Å²) >= 11 is 0. The second-order valence-electron chi connectivity index (χ2n) is 7.45. The molecular formula is C22H23FN6O. The molecule has 1 aliphatic heterocycles. The topological polar surface area (TPSA) is 74.3 Å². The lowest BCUT2D eigenvalue weighted by molar-refractivity contribution is 0.376. The first-order chi connectivity index (χ1) is 14.7. The lowest BCUT2D eigenvalue weighted by Crippen LogP contribution is -2.50. The van der Waals surface area contributed by atoms with Gasteiger partial charge in [0.2, 0.25) is 5.95 Å². The minimum absolute atomic E-state index is 0.281. The molecule has 2 aromatic carbocycles. The molecule has 1 aliphatic carbocycles. The number of nitrogens with zero attached hydrogens (tertiary/aromatic N) is 3. The molecule has 0 unspecified atom stereocenters. The van der Waals surface area contributed by atoms with E-state index in [9.17, 15) is 4.39 Å². The molecule has 3 N–H and O–H groups in total. The molecule has 154 valence electrons. The minimum atomic E-state index is -0.285. The number of hydrogen-bond donors (Lipinski definition) is 3. The van der Waals surface area contributed by atoms with E-state index in [4.69, 9.17) is 9.72 Å². The first-order valence-electron chi connectivity index (χ1n) is 10.1. The van der Waals surface area contributed by atoms with Crippen molar-refractivity contribution < 1.29 is 9.13 Å². The molecule has 1 atom stereocenters. The number of para-hydroxylation sites is 1. The summed E-state index contributed by atoms with van der Waals surface area (Å²) in [6, 6.07) is 14.6. The second-order valence-corrected chi connectivity index (χ2v) is 7.45. The summed E-state index contributed by atoms with van der Waals surface area (Å²) in [4.78, 5) is 11.4. The summed E-state index contributed by atoms with van der Waals surface area (Å²) in [6.45, 7) is 0. The number of rotatable bonds is 6. The van der Waals surface area contributed by atoms with Crippen molar-refractivity contribution in [3.05, 3.63) is 60.5 Å². The van der Waals surface area contributed by atoms with E-state index in [1.165, 1.54) is 12.5 Å². The van der Waals surface area contributed by atoms with E-state index < -0.39 is 0 Å². The number of ether oxygens (including phenoxy) is 1. The van der Waals surface area contributed by atoms with Gasteiger partial charge >= 0.3 is 0 Å². The largest absolute Gasteiger partial charge is 0.497 e. The van der Waals surface area contributed by atoms with Gasteiger partial charge in [-0.15, -0.1) is 0 Å². The Morgan fingerprint density at radius 3 is 2.63 bits per heavy atom. The molecule has 0 bridgehead atoms. The number of anilines is 5. The molecule has 0 saturated heterocycles. The van der Waals surface area contributed by atoms with Crippen LogP contribution in [-0.2, 0) is 0 Å². The van der Waals surface area contributed by atoms with Crippen LogP contribution < -0.4 is 25.6 Å². The van der Waals surface area contributed by atoms with Crippen LogP contribution in [0.1, 0.15) is 19.3 Å². The molecule has 2 heterocycles. The van der Waals surface area contributed by atoms with Crippen LogP contribution in [-0.4, -0.2) is 29.4 Å². The molecule has 0 amide bonds. The zero-order chi connectivity index (χ0) is 20.5. The molecular weight excluding hydrogens is 383 g/mol. The van der Waals surface area contributed by atoms with Crippen LogP contribution in [0.15, 0.2) is 54.7 Å². The molecule has 1 saturated carbocycles. The third-order valence-electron chi connectivity index (χ3n) is 5.56. The monoisotopic (exact) mass is 406 g/mol. The summed E-state index contributed by atoms with van der Waals surface area (Å²) in [7, 11) is 1.64. The van der Waals surface area contributed by atoms with Crippen molar-refractivity contribution >= 4 is 28.8 Å².